The van der Waals surface area contributed by atoms with Crippen LogP contribution in [0.1, 0.15) is 65.2 Å². The van der Waals surface area contributed by atoms with Crippen LogP contribution in [0.15, 0.2) is 48.1 Å². The lowest BCUT2D eigenvalue weighted by atomic mass is 9.49. The summed E-state index contributed by atoms with van der Waals surface area (Å²) < 4.78 is 2.21. The lowest BCUT2D eigenvalue weighted by Crippen LogP contribution is -2.49. The first-order chi connectivity index (χ1) is 14.5. The number of aromatic nitrogens is 2. The van der Waals surface area contributed by atoms with Crippen molar-refractivity contribution in [1.29, 1.82) is 0 Å². The van der Waals surface area contributed by atoms with Crippen molar-refractivity contribution in [3.05, 3.63) is 48.1 Å². The SMILES string of the molecule is C[C@]12CCC3C(CC=C4C[C@H](NC(=O)C5CC5)CC[C@@]43C)C1=CC=C2n1ccnc1. The maximum Gasteiger partial charge on any atom is 0.223 e. The van der Waals surface area contributed by atoms with Crippen LogP contribution in [0.2, 0.25) is 0 Å². The summed E-state index contributed by atoms with van der Waals surface area (Å²) in [4.78, 5) is 16.6. The van der Waals surface area contributed by atoms with E-state index in [-0.39, 0.29) is 5.41 Å². The highest BCUT2D eigenvalue weighted by molar-refractivity contribution is 5.81. The molecule has 0 bridgehead atoms. The molecule has 3 fully saturated rings. The van der Waals surface area contributed by atoms with Crippen LogP contribution >= 0.6 is 0 Å². The zero-order valence-electron chi connectivity index (χ0n) is 18.2. The molecule has 0 saturated heterocycles. The maximum atomic E-state index is 12.3. The molecular formula is C26H33N3O. The van der Waals surface area contributed by atoms with E-state index in [1.165, 1.54) is 25.0 Å². The third-order valence-electron chi connectivity index (χ3n) is 9.19. The second-order valence-electron chi connectivity index (χ2n) is 10.8. The summed E-state index contributed by atoms with van der Waals surface area (Å²) in [6.07, 6.45) is 22.5. The van der Waals surface area contributed by atoms with E-state index in [4.69, 9.17) is 0 Å². The van der Waals surface area contributed by atoms with E-state index in [2.05, 4.69) is 53.1 Å². The Kier molecular flexibility index (Phi) is 4.01. The van der Waals surface area contributed by atoms with Crippen molar-refractivity contribution in [3.63, 3.8) is 0 Å². The summed E-state index contributed by atoms with van der Waals surface area (Å²) >= 11 is 0. The van der Waals surface area contributed by atoms with Crippen molar-refractivity contribution in [2.45, 2.75) is 71.3 Å². The highest BCUT2D eigenvalue weighted by Gasteiger charge is 2.54. The molecule has 1 heterocycles. The van der Waals surface area contributed by atoms with Gasteiger partial charge in [-0.15, -0.1) is 0 Å². The molecule has 5 aliphatic rings. The predicted molar refractivity (Wildman–Crippen MR) is 118 cm³/mol. The molecule has 4 heteroatoms. The monoisotopic (exact) mass is 403 g/mol. The van der Waals surface area contributed by atoms with Gasteiger partial charge in [-0.2, -0.15) is 0 Å². The van der Waals surface area contributed by atoms with E-state index < -0.39 is 0 Å². The van der Waals surface area contributed by atoms with Crippen LogP contribution in [0.5, 0.6) is 0 Å². The summed E-state index contributed by atoms with van der Waals surface area (Å²) in [6, 6.07) is 0.350. The van der Waals surface area contributed by atoms with E-state index in [1.807, 2.05) is 12.5 Å². The Hall–Kier alpha value is -2.10. The first-order valence-corrected chi connectivity index (χ1v) is 11.9. The molecule has 5 atom stereocenters. The van der Waals surface area contributed by atoms with Gasteiger partial charge in [-0.25, -0.2) is 4.98 Å². The second kappa shape index (κ2) is 6.45. The fourth-order valence-corrected chi connectivity index (χ4v) is 7.21. The molecule has 4 nitrogen and oxygen atoms in total. The minimum atomic E-state index is 0.138. The fourth-order valence-electron chi connectivity index (χ4n) is 7.21. The van der Waals surface area contributed by atoms with Gasteiger partial charge in [-0.1, -0.05) is 37.1 Å². The molecule has 1 aromatic rings. The number of fused-ring (bicyclic) bond motifs is 5. The number of amides is 1. The van der Waals surface area contributed by atoms with Gasteiger partial charge < -0.3 is 9.88 Å². The highest BCUT2D eigenvalue weighted by Crippen LogP contribution is 2.64. The third-order valence-corrected chi connectivity index (χ3v) is 9.19. The van der Waals surface area contributed by atoms with Gasteiger partial charge in [0.15, 0.2) is 0 Å². The molecule has 0 aromatic carbocycles. The van der Waals surface area contributed by atoms with E-state index in [9.17, 15) is 4.79 Å². The Morgan fingerprint density at radius 3 is 2.80 bits per heavy atom. The number of nitrogens with zero attached hydrogens (tertiary/aromatic N) is 2. The average molecular weight is 404 g/mol. The first kappa shape index (κ1) is 18.7. The molecule has 30 heavy (non-hydrogen) atoms. The number of allylic oxidation sites excluding steroid dienone is 5. The molecule has 5 aliphatic carbocycles. The average Bonchev–Trinajstić information content (AvgIpc) is 3.33. The number of imidazole rings is 1. The molecular weight excluding hydrogens is 370 g/mol. The third kappa shape index (κ3) is 2.65. The van der Waals surface area contributed by atoms with Crippen LogP contribution in [-0.2, 0) is 4.79 Å². The van der Waals surface area contributed by atoms with Crippen molar-refractivity contribution >= 4 is 11.6 Å². The lowest BCUT2D eigenvalue weighted by Gasteiger charge is -2.56. The topological polar surface area (TPSA) is 46.9 Å². The van der Waals surface area contributed by atoms with E-state index in [1.54, 1.807) is 11.1 Å². The normalized spacial score (nSPS) is 39.8. The number of rotatable bonds is 3. The van der Waals surface area contributed by atoms with E-state index in [0.717, 1.165) is 38.0 Å². The van der Waals surface area contributed by atoms with Crippen LogP contribution < -0.4 is 5.32 Å². The van der Waals surface area contributed by atoms with Gasteiger partial charge in [0.25, 0.3) is 0 Å². The summed E-state index contributed by atoms with van der Waals surface area (Å²) in [5, 5.41) is 3.36. The molecule has 0 aliphatic heterocycles. The number of carbonyl (C=O) groups excluding carboxylic acids is 1. The maximum absolute atomic E-state index is 12.3. The zero-order chi connectivity index (χ0) is 20.5. The van der Waals surface area contributed by atoms with Crippen molar-refractivity contribution in [2.24, 2.45) is 28.6 Å². The van der Waals surface area contributed by atoms with Crippen LogP contribution in [0.25, 0.3) is 5.70 Å². The Morgan fingerprint density at radius 2 is 2.03 bits per heavy atom. The van der Waals surface area contributed by atoms with Gasteiger partial charge in [-0.3, -0.25) is 4.79 Å². The number of hydrogen-bond acceptors (Lipinski definition) is 2. The molecule has 158 valence electrons. The zero-order valence-corrected chi connectivity index (χ0v) is 18.2. The summed E-state index contributed by atoms with van der Waals surface area (Å²) in [5.41, 5.74) is 5.09. The highest BCUT2D eigenvalue weighted by atomic mass is 16.2. The minimum absolute atomic E-state index is 0.138. The summed E-state index contributed by atoms with van der Waals surface area (Å²) in [7, 11) is 0. The Morgan fingerprint density at radius 1 is 1.17 bits per heavy atom. The largest absolute Gasteiger partial charge is 0.353 e. The van der Waals surface area contributed by atoms with Crippen LogP contribution in [-0.4, -0.2) is 21.5 Å². The number of carbonyl (C=O) groups is 1. The summed E-state index contributed by atoms with van der Waals surface area (Å²) in [5.74, 6) is 1.99. The molecule has 0 spiro atoms. The lowest BCUT2D eigenvalue weighted by molar-refractivity contribution is -0.123. The van der Waals surface area contributed by atoms with Crippen molar-refractivity contribution in [3.8, 4) is 0 Å². The Bertz CT molecular complexity index is 966. The minimum Gasteiger partial charge on any atom is -0.353 e. The van der Waals surface area contributed by atoms with Crippen molar-refractivity contribution in [1.82, 2.24) is 14.9 Å². The van der Waals surface area contributed by atoms with Crippen LogP contribution in [0.3, 0.4) is 0 Å². The Balaban J connectivity index is 1.24. The quantitative estimate of drug-likeness (QED) is 0.713. The molecule has 1 N–H and O–H groups in total. The van der Waals surface area contributed by atoms with Crippen molar-refractivity contribution in [2.75, 3.05) is 0 Å². The van der Waals surface area contributed by atoms with Gasteiger partial charge in [0.1, 0.15) is 0 Å². The molecule has 0 radical (unpaired) electrons. The standard InChI is InChI=1S/C26H33N3O/c1-25-11-9-19(28-24(30)17-3-4-17)15-18(25)5-6-20-21-7-8-23(29-14-13-27-16-29)26(21,2)12-10-22(20)25/h5,7-8,13-14,16-17,19-20,22H,3-4,6,9-12,15H2,1-2H3,(H,28,30)/t19-,20?,22?,25+,26+/m1/s1. The fraction of sp³-hybridized carbons (Fsp3) is 0.615. The summed E-state index contributed by atoms with van der Waals surface area (Å²) in [6.45, 7) is 4.97. The van der Waals surface area contributed by atoms with E-state index >= 15 is 0 Å². The first-order valence-electron chi connectivity index (χ1n) is 11.9. The molecule has 3 saturated carbocycles. The van der Waals surface area contributed by atoms with Gasteiger partial charge in [-0.05, 0) is 74.7 Å². The van der Waals surface area contributed by atoms with Crippen LogP contribution in [0.4, 0.5) is 0 Å². The van der Waals surface area contributed by atoms with Crippen molar-refractivity contribution < 1.29 is 4.79 Å². The molecule has 1 amide bonds. The van der Waals surface area contributed by atoms with E-state index in [0.29, 0.717) is 29.2 Å². The van der Waals surface area contributed by atoms with Gasteiger partial charge in [0.05, 0.1) is 6.33 Å². The van der Waals surface area contributed by atoms with Crippen LogP contribution in [0, 0.1) is 28.6 Å². The molecule has 6 rings (SSSR count). The number of hydrogen-bond donors (Lipinski definition) is 1. The van der Waals surface area contributed by atoms with Gasteiger partial charge >= 0.3 is 0 Å². The van der Waals surface area contributed by atoms with Gasteiger partial charge in [0.2, 0.25) is 5.91 Å². The number of nitrogens with one attached hydrogen (secondary N) is 1. The molecule has 2 unspecified atom stereocenters. The predicted octanol–water partition coefficient (Wildman–Crippen LogP) is 5.11. The molecule has 1 aromatic heterocycles. The smallest absolute Gasteiger partial charge is 0.223 e. The second-order valence-corrected chi connectivity index (χ2v) is 10.8. The van der Waals surface area contributed by atoms with Gasteiger partial charge in [0, 0.05) is 35.5 Å². The Labute approximate surface area is 179 Å².